The molecule has 0 radical (unpaired) electrons. The van der Waals surface area contributed by atoms with Gasteiger partial charge in [-0.1, -0.05) is 6.92 Å². The minimum absolute atomic E-state index is 0.0590. The molecule has 1 aromatic rings. The van der Waals surface area contributed by atoms with Crippen LogP contribution in [0.25, 0.3) is 0 Å². The van der Waals surface area contributed by atoms with E-state index in [4.69, 9.17) is 5.73 Å². The van der Waals surface area contributed by atoms with Crippen LogP contribution in [0.4, 0.5) is 10.1 Å². The van der Waals surface area contributed by atoms with Gasteiger partial charge in [0.25, 0.3) is 0 Å². The molecule has 0 aliphatic carbocycles. The van der Waals surface area contributed by atoms with Crippen molar-refractivity contribution in [1.82, 2.24) is 4.31 Å². The number of carbonyl (C=O) groups excluding carboxylic acids is 1. The number of nitrogen functional groups attached to an aromatic ring is 1. The smallest absolute Gasteiger partial charge is 0.321 e. The first-order valence-electron chi connectivity index (χ1n) is 5.45. The van der Waals surface area contributed by atoms with Crippen LogP contribution in [-0.4, -0.2) is 38.9 Å². The molecular formula is C11H15FN2O4S. The Kier molecular flexibility index (Phi) is 4.84. The highest BCUT2D eigenvalue weighted by Crippen LogP contribution is 2.19. The van der Waals surface area contributed by atoms with Crippen molar-refractivity contribution in [2.45, 2.75) is 11.8 Å². The third-order valence-electron chi connectivity index (χ3n) is 2.50. The van der Waals surface area contributed by atoms with E-state index in [2.05, 4.69) is 4.74 Å². The highest BCUT2D eigenvalue weighted by atomic mass is 32.2. The number of rotatable bonds is 5. The van der Waals surface area contributed by atoms with Gasteiger partial charge in [0.05, 0.1) is 17.7 Å². The molecule has 0 bridgehead atoms. The lowest BCUT2D eigenvalue weighted by Gasteiger charge is -2.19. The van der Waals surface area contributed by atoms with Gasteiger partial charge in [-0.15, -0.1) is 0 Å². The average Bonchev–Trinajstić information content (AvgIpc) is 2.38. The van der Waals surface area contributed by atoms with Crippen molar-refractivity contribution in [2.75, 3.05) is 25.9 Å². The Morgan fingerprint density at radius 3 is 2.58 bits per heavy atom. The third kappa shape index (κ3) is 3.42. The molecule has 0 aromatic heterocycles. The quantitative estimate of drug-likeness (QED) is 0.633. The van der Waals surface area contributed by atoms with Gasteiger partial charge in [0.1, 0.15) is 12.4 Å². The van der Waals surface area contributed by atoms with E-state index in [0.29, 0.717) is 0 Å². The second-order valence-electron chi connectivity index (χ2n) is 3.69. The fraction of sp³-hybridized carbons (Fsp3) is 0.364. The van der Waals surface area contributed by atoms with Crippen LogP contribution < -0.4 is 5.73 Å². The Morgan fingerprint density at radius 1 is 1.47 bits per heavy atom. The second kappa shape index (κ2) is 5.98. The first-order chi connectivity index (χ1) is 8.82. The van der Waals surface area contributed by atoms with E-state index in [1.54, 1.807) is 6.92 Å². The highest BCUT2D eigenvalue weighted by Gasteiger charge is 2.26. The van der Waals surface area contributed by atoms with Crippen LogP contribution in [0.5, 0.6) is 0 Å². The summed E-state index contributed by atoms with van der Waals surface area (Å²) in [5.74, 6) is -1.52. The van der Waals surface area contributed by atoms with Crippen LogP contribution in [0.1, 0.15) is 6.92 Å². The van der Waals surface area contributed by atoms with Gasteiger partial charge in [-0.05, 0) is 18.2 Å². The van der Waals surface area contributed by atoms with Crippen molar-refractivity contribution >= 4 is 21.7 Å². The molecule has 0 heterocycles. The van der Waals surface area contributed by atoms with Gasteiger partial charge in [0.2, 0.25) is 10.0 Å². The lowest BCUT2D eigenvalue weighted by molar-refractivity contribution is -0.140. The van der Waals surface area contributed by atoms with Gasteiger partial charge in [-0.25, -0.2) is 12.8 Å². The molecule has 1 rings (SSSR count). The maximum absolute atomic E-state index is 13.3. The van der Waals surface area contributed by atoms with Crippen LogP contribution in [0, 0.1) is 5.82 Å². The molecule has 0 aliphatic rings. The molecule has 0 saturated heterocycles. The Bertz CT molecular complexity index is 574. The number of hydrogen-bond acceptors (Lipinski definition) is 5. The Labute approximate surface area is 111 Å². The molecule has 0 aliphatic heterocycles. The first kappa shape index (κ1) is 15.4. The maximum Gasteiger partial charge on any atom is 0.321 e. The van der Waals surface area contributed by atoms with Gasteiger partial charge >= 0.3 is 5.97 Å². The molecule has 106 valence electrons. The molecule has 0 fully saturated rings. The van der Waals surface area contributed by atoms with E-state index in [-0.39, 0.29) is 17.1 Å². The summed E-state index contributed by atoms with van der Waals surface area (Å²) in [6.45, 7) is 1.19. The van der Waals surface area contributed by atoms with Crippen molar-refractivity contribution in [3.63, 3.8) is 0 Å². The molecule has 2 N–H and O–H groups in total. The molecule has 6 nitrogen and oxygen atoms in total. The van der Waals surface area contributed by atoms with Crippen LogP contribution in [-0.2, 0) is 19.6 Å². The van der Waals surface area contributed by atoms with E-state index in [1.807, 2.05) is 0 Å². The number of nitrogens with two attached hydrogens (primary N) is 1. The molecule has 19 heavy (non-hydrogen) atoms. The highest BCUT2D eigenvalue weighted by molar-refractivity contribution is 7.89. The van der Waals surface area contributed by atoms with Crippen LogP contribution >= 0.6 is 0 Å². The molecule has 1 aromatic carbocycles. The predicted octanol–water partition coefficient (Wildman–Crippen LogP) is 0.592. The SMILES string of the molecule is CCN(CC(=O)OC)S(=O)(=O)c1ccc(N)c(F)c1. The third-order valence-corrected chi connectivity index (χ3v) is 4.41. The summed E-state index contributed by atoms with van der Waals surface area (Å²) in [6.07, 6.45) is 0. The molecule has 8 heteroatoms. The zero-order valence-corrected chi connectivity index (χ0v) is 11.4. The van der Waals surface area contributed by atoms with Crippen LogP contribution in [0.2, 0.25) is 0 Å². The van der Waals surface area contributed by atoms with Crippen LogP contribution in [0.3, 0.4) is 0 Å². The number of benzene rings is 1. The summed E-state index contributed by atoms with van der Waals surface area (Å²) in [7, 11) is -2.80. The number of nitrogens with zero attached hydrogens (tertiary/aromatic N) is 1. The number of sulfonamides is 1. The Morgan fingerprint density at radius 2 is 2.11 bits per heavy atom. The topological polar surface area (TPSA) is 89.7 Å². The van der Waals surface area contributed by atoms with E-state index in [1.165, 1.54) is 6.07 Å². The number of esters is 1. The van der Waals surface area contributed by atoms with Gasteiger partial charge in [0.15, 0.2) is 0 Å². The number of methoxy groups -OCH3 is 1. The van der Waals surface area contributed by atoms with Gasteiger partial charge in [-0.2, -0.15) is 4.31 Å². The number of anilines is 1. The van der Waals surface area contributed by atoms with Gasteiger partial charge < -0.3 is 10.5 Å². The molecule has 0 atom stereocenters. The predicted molar refractivity (Wildman–Crippen MR) is 67.3 cm³/mol. The zero-order valence-electron chi connectivity index (χ0n) is 10.6. The molecule has 0 amide bonds. The van der Waals surface area contributed by atoms with Crippen molar-refractivity contribution in [3.05, 3.63) is 24.0 Å². The molecule has 0 unspecified atom stereocenters. The monoisotopic (exact) mass is 290 g/mol. The van der Waals surface area contributed by atoms with E-state index < -0.39 is 28.4 Å². The number of ether oxygens (including phenoxy) is 1. The molecule has 0 spiro atoms. The largest absolute Gasteiger partial charge is 0.468 e. The molecular weight excluding hydrogens is 275 g/mol. The van der Waals surface area contributed by atoms with Crippen molar-refractivity contribution < 1.29 is 22.3 Å². The van der Waals surface area contributed by atoms with Gasteiger partial charge in [-0.3, -0.25) is 4.79 Å². The summed E-state index contributed by atoms with van der Waals surface area (Å²) >= 11 is 0. The summed E-state index contributed by atoms with van der Waals surface area (Å²) in [4.78, 5) is 10.9. The minimum atomic E-state index is -3.96. The summed E-state index contributed by atoms with van der Waals surface area (Å²) in [5.41, 5.74) is 5.14. The second-order valence-corrected chi connectivity index (χ2v) is 5.63. The standard InChI is InChI=1S/C11H15FN2O4S/c1-3-14(7-11(15)18-2)19(16,17)8-4-5-10(13)9(12)6-8/h4-6H,3,7,13H2,1-2H3. The Balaban J connectivity index is 3.13. The number of hydrogen-bond donors (Lipinski definition) is 1. The van der Waals surface area contributed by atoms with Crippen molar-refractivity contribution in [3.8, 4) is 0 Å². The number of likely N-dealkylation sites (N-methyl/N-ethyl adjacent to an activating group) is 1. The zero-order chi connectivity index (χ0) is 14.6. The van der Waals surface area contributed by atoms with Crippen LogP contribution in [0.15, 0.2) is 23.1 Å². The lowest BCUT2D eigenvalue weighted by atomic mass is 10.3. The van der Waals surface area contributed by atoms with Crippen molar-refractivity contribution in [2.24, 2.45) is 0 Å². The minimum Gasteiger partial charge on any atom is -0.468 e. The normalized spacial score (nSPS) is 11.6. The summed E-state index contributed by atoms with van der Waals surface area (Å²) in [6, 6.07) is 3.17. The molecule has 0 saturated carbocycles. The van der Waals surface area contributed by atoms with Gasteiger partial charge in [0, 0.05) is 6.54 Å². The first-order valence-corrected chi connectivity index (χ1v) is 6.89. The van der Waals surface area contributed by atoms with Crippen molar-refractivity contribution in [1.29, 1.82) is 0 Å². The fourth-order valence-corrected chi connectivity index (χ4v) is 2.80. The van der Waals surface area contributed by atoms with E-state index in [0.717, 1.165) is 23.5 Å². The van der Waals surface area contributed by atoms with E-state index in [9.17, 15) is 17.6 Å². The lowest BCUT2D eigenvalue weighted by Crippen LogP contribution is -2.36. The fourth-order valence-electron chi connectivity index (χ4n) is 1.39. The average molecular weight is 290 g/mol. The summed E-state index contributed by atoms with van der Waals surface area (Å²) < 4.78 is 43.0. The van der Waals surface area contributed by atoms with E-state index >= 15 is 0 Å². The Hall–Kier alpha value is -1.67. The summed E-state index contributed by atoms with van der Waals surface area (Å²) in [5, 5.41) is 0. The number of halogens is 1. The maximum atomic E-state index is 13.3. The number of carbonyl (C=O) groups is 1.